The van der Waals surface area contributed by atoms with E-state index in [2.05, 4.69) is 11.2 Å². The number of amides is 1. The molecule has 4 nitrogen and oxygen atoms in total. The second-order valence-corrected chi connectivity index (χ2v) is 6.00. The molecule has 0 aromatic heterocycles. The lowest BCUT2D eigenvalue weighted by atomic mass is 9.73. The van der Waals surface area contributed by atoms with E-state index in [1.54, 1.807) is 4.90 Å². The molecule has 1 aliphatic carbocycles. The van der Waals surface area contributed by atoms with Crippen molar-refractivity contribution in [2.75, 3.05) is 0 Å². The molecule has 0 aromatic carbocycles. The average molecular weight is 246 g/mol. The van der Waals surface area contributed by atoms with Crippen molar-refractivity contribution in [3.05, 3.63) is 0 Å². The standard InChI is InChI=1S/C14H18N2O2/c1-2-11-13-9(7-12-16(11)14(17)18-12)8-5-3-4-6-10(8)15-13/h1,8-13,15H,3-7H2/t8?,9?,10?,11-,12?,13?/m1/s1. The maximum atomic E-state index is 11.5. The Bertz CT molecular complexity index is 430. The highest BCUT2D eigenvalue weighted by molar-refractivity contribution is 5.74. The molecule has 1 saturated carbocycles. The fourth-order valence-corrected chi connectivity index (χ4v) is 4.51. The molecular formula is C14H18N2O2. The van der Waals surface area contributed by atoms with Crippen LogP contribution in [0.1, 0.15) is 32.1 Å². The molecule has 96 valence electrons. The van der Waals surface area contributed by atoms with Gasteiger partial charge in [-0.15, -0.1) is 6.42 Å². The van der Waals surface area contributed by atoms with E-state index in [-0.39, 0.29) is 24.4 Å². The van der Waals surface area contributed by atoms with Crippen LogP contribution in [0.5, 0.6) is 0 Å². The Morgan fingerprint density at radius 3 is 2.94 bits per heavy atom. The van der Waals surface area contributed by atoms with Gasteiger partial charge in [-0.05, 0) is 24.7 Å². The second kappa shape index (κ2) is 3.64. The molecular weight excluding hydrogens is 228 g/mol. The topological polar surface area (TPSA) is 41.6 Å². The van der Waals surface area contributed by atoms with E-state index >= 15 is 0 Å². The Morgan fingerprint density at radius 2 is 2.17 bits per heavy atom. The summed E-state index contributed by atoms with van der Waals surface area (Å²) < 4.78 is 5.23. The largest absolute Gasteiger partial charge is 0.425 e. The first kappa shape index (κ1) is 10.7. The summed E-state index contributed by atoms with van der Waals surface area (Å²) >= 11 is 0. The Hall–Kier alpha value is -1.21. The molecule has 3 saturated heterocycles. The van der Waals surface area contributed by atoms with Crippen LogP contribution in [-0.4, -0.2) is 35.3 Å². The molecule has 0 radical (unpaired) electrons. The first-order valence-corrected chi connectivity index (χ1v) is 7.00. The molecule has 18 heavy (non-hydrogen) atoms. The molecule has 1 amide bonds. The summed E-state index contributed by atoms with van der Waals surface area (Å²) in [6.45, 7) is 0. The Balaban J connectivity index is 1.64. The quantitative estimate of drug-likeness (QED) is 0.655. The Labute approximate surface area is 107 Å². The second-order valence-electron chi connectivity index (χ2n) is 6.00. The highest BCUT2D eigenvalue weighted by Gasteiger charge is 2.58. The van der Waals surface area contributed by atoms with E-state index in [0.29, 0.717) is 12.0 Å². The minimum absolute atomic E-state index is 0.0534. The summed E-state index contributed by atoms with van der Waals surface area (Å²) in [4.78, 5) is 13.3. The Kier molecular flexibility index (Phi) is 2.16. The monoisotopic (exact) mass is 246 g/mol. The van der Waals surface area contributed by atoms with Crippen LogP contribution in [0.25, 0.3) is 0 Å². The number of hydrogen-bond acceptors (Lipinski definition) is 3. The molecule has 5 unspecified atom stereocenters. The van der Waals surface area contributed by atoms with Crippen LogP contribution in [0.15, 0.2) is 0 Å². The van der Waals surface area contributed by atoms with Crippen LogP contribution in [0.4, 0.5) is 4.79 Å². The number of piperidine rings is 1. The van der Waals surface area contributed by atoms with Crippen molar-refractivity contribution < 1.29 is 9.53 Å². The smallest absolute Gasteiger partial charge is 0.415 e. The van der Waals surface area contributed by atoms with Gasteiger partial charge in [-0.2, -0.15) is 0 Å². The zero-order valence-electron chi connectivity index (χ0n) is 10.3. The molecule has 4 aliphatic rings. The number of carbonyl (C=O) groups excluding carboxylic acids is 1. The molecule has 3 aliphatic heterocycles. The molecule has 0 spiro atoms. The molecule has 4 heteroatoms. The predicted octanol–water partition coefficient (Wildman–Crippen LogP) is 1.32. The first-order valence-electron chi connectivity index (χ1n) is 7.00. The molecule has 0 aromatic rings. The number of nitrogens with one attached hydrogen (secondary N) is 1. The van der Waals surface area contributed by atoms with Gasteiger partial charge in [-0.25, -0.2) is 4.79 Å². The average Bonchev–Trinajstić information content (AvgIpc) is 2.75. The van der Waals surface area contributed by atoms with Gasteiger partial charge < -0.3 is 10.1 Å². The Morgan fingerprint density at radius 1 is 1.33 bits per heavy atom. The number of terminal acetylenes is 1. The summed E-state index contributed by atoms with van der Waals surface area (Å²) in [5.41, 5.74) is 0. The zero-order valence-corrected chi connectivity index (χ0v) is 10.3. The third-order valence-electron chi connectivity index (χ3n) is 5.28. The lowest BCUT2D eigenvalue weighted by Crippen LogP contribution is -2.68. The fourth-order valence-electron chi connectivity index (χ4n) is 4.51. The normalized spacial score (nSPS) is 49.3. The molecule has 3 heterocycles. The molecule has 4 rings (SSSR count). The van der Waals surface area contributed by atoms with Crippen LogP contribution >= 0.6 is 0 Å². The van der Waals surface area contributed by atoms with Crippen molar-refractivity contribution in [2.45, 2.75) is 56.5 Å². The van der Waals surface area contributed by atoms with Crippen LogP contribution in [0.2, 0.25) is 0 Å². The van der Waals surface area contributed by atoms with Crippen molar-refractivity contribution in [2.24, 2.45) is 11.8 Å². The van der Waals surface area contributed by atoms with Gasteiger partial charge >= 0.3 is 6.09 Å². The van der Waals surface area contributed by atoms with E-state index in [0.717, 1.165) is 12.3 Å². The highest BCUT2D eigenvalue weighted by Crippen LogP contribution is 2.47. The number of ether oxygens (including phenoxy) is 1. The van der Waals surface area contributed by atoms with Crippen molar-refractivity contribution in [3.63, 3.8) is 0 Å². The van der Waals surface area contributed by atoms with Gasteiger partial charge in [0.15, 0.2) is 6.23 Å². The molecule has 0 bridgehead atoms. The van der Waals surface area contributed by atoms with Gasteiger partial charge in [0.1, 0.15) is 6.04 Å². The van der Waals surface area contributed by atoms with Crippen molar-refractivity contribution in [3.8, 4) is 12.3 Å². The summed E-state index contributed by atoms with van der Waals surface area (Å²) in [5, 5.41) is 3.71. The lowest BCUT2D eigenvalue weighted by molar-refractivity contribution is -0.145. The van der Waals surface area contributed by atoms with Gasteiger partial charge in [-0.3, -0.25) is 4.90 Å². The molecule has 1 N–H and O–H groups in total. The fraction of sp³-hybridized carbons (Fsp3) is 0.786. The van der Waals surface area contributed by atoms with Gasteiger partial charge in [0.2, 0.25) is 0 Å². The third-order valence-corrected chi connectivity index (χ3v) is 5.28. The lowest BCUT2D eigenvalue weighted by Gasteiger charge is -2.51. The van der Waals surface area contributed by atoms with E-state index in [1.165, 1.54) is 25.7 Å². The predicted molar refractivity (Wildman–Crippen MR) is 65.5 cm³/mol. The van der Waals surface area contributed by atoms with E-state index in [4.69, 9.17) is 11.2 Å². The van der Waals surface area contributed by atoms with Crippen LogP contribution in [-0.2, 0) is 4.74 Å². The summed E-state index contributed by atoms with van der Waals surface area (Å²) in [6, 6.07) is 0.784. The summed E-state index contributed by atoms with van der Waals surface area (Å²) in [6.07, 6.45) is 11.5. The van der Waals surface area contributed by atoms with Crippen LogP contribution < -0.4 is 5.32 Å². The number of nitrogens with zero attached hydrogens (tertiary/aromatic N) is 1. The maximum Gasteiger partial charge on any atom is 0.415 e. The molecule has 6 atom stereocenters. The number of rotatable bonds is 0. The van der Waals surface area contributed by atoms with Crippen LogP contribution in [0.3, 0.4) is 0 Å². The minimum atomic E-state index is -0.238. The van der Waals surface area contributed by atoms with Gasteiger partial charge in [0, 0.05) is 18.5 Å². The van der Waals surface area contributed by atoms with E-state index < -0.39 is 0 Å². The van der Waals surface area contributed by atoms with Crippen molar-refractivity contribution in [1.82, 2.24) is 10.2 Å². The van der Waals surface area contributed by atoms with E-state index in [1.807, 2.05) is 0 Å². The first-order chi connectivity index (χ1) is 8.79. The molecule has 4 fully saturated rings. The zero-order chi connectivity index (χ0) is 12.3. The highest BCUT2D eigenvalue weighted by atomic mass is 16.6. The van der Waals surface area contributed by atoms with Crippen LogP contribution in [0, 0.1) is 24.2 Å². The van der Waals surface area contributed by atoms with E-state index in [9.17, 15) is 4.79 Å². The summed E-state index contributed by atoms with van der Waals surface area (Å²) in [7, 11) is 0. The van der Waals surface area contributed by atoms with Gasteiger partial charge in [-0.1, -0.05) is 18.8 Å². The number of carbonyl (C=O) groups is 1. The van der Waals surface area contributed by atoms with Gasteiger partial charge in [0.05, 0.1) is 0 Å². The third kappa shape index (κ3) is 1.23. The number of fused-ring (bicyclic) bond motifs is 4. The minimum Gasteiger partial charge on any atom is -0.425 e. The number of hydrogen-bond donors (Lipinski definition) is 1. The van der Waals surface area contributed by atoms with Gasteiger partial charge in [0.25, 0.3) is 0 Å². The maximum absolute atomic E-state index is 11.5. The summed E-state index contributed by atoms with van der Waals surface area (Å²) in [5.74, 6) is 4.14. The SMILES string of the molecule is C#C[C@@H]1C2NC3CCCCC3C2CC2OC(=O)N21. The van der Waals surface area contributed by atoms with Crippen molar-refractivity contribution in [1.29, 1.82) is 0 Å². The van der Waals surface area contributed by atoms with Crippen molar-refractivity contribution >= 4 is 6.09 Å².